The van der Waals surface area contributed by atoms with Crippen LogP contribution in [0.3, 0.4) is 0 Å². The van der Waals surface area contributed by atoms with Gasteiger partial charge in [-0.3, -0.25) is 0 Å². The van der Waals surface area contributed by atoms with E-state index in [9.17, 15) is 18.0 Å². The quantitative estimate of drug-likeness (QED) is 0.628. The summed E-state index contributed by atoms with van der Waals surface area (Å²) >= 11 is 0. The highest BCUT2D eigenvalue weighted by Gasteiger charge is 2.47. The minimum atomic E-state index is -4.59. The van der Waals surface area contributed by atoms with Gasteiger partial charge in [0, 0.05) is 0 Å². The molecule has 1 heterocycles. The number of cyclic esters (lactones) is 1. The highest BCUT2D eigenvalue weighted by atomic mass is 19.4. The maximum absolute atomic E-state index is 12.0. The molecule has 6 heteroatoms. The lowest BCUT2D eigenvalue weighted by Gasteiger charge is -2.09. The van der Waals surface area contributed by atoms with E-state index in [-0.39, 0.29) is 12.1 Å². The summed E-state index contributed by atoms with van der Waals surface area (Å²) < 4.78 is 39.9. The molecular weight excluding hydrogens is 187 g/mol. The van der Waals surface area contributed by atoms with Gasteiger partial charge in [0.15, 0.2) is 0 Å². The summed E-state index contributed by atoms with van der Waals surface area (Å²) in [7, 11) is 0. The molecule has 0 amide bonds. The number of ether oxygens (including phenoxy) is 1. The van der Waals surface area contributed by atoms with Gasteiger partial charge in [0.2, 0.25) is 0 Å². The Morgan fingerprint density at radius 1 is 1.54 bits per heavy atom. The number of nitrogens with zero attached hydrogens (tertiary/aromatic N) is 1. The van der Waals surface area contributed by atoms with Crippen molar-refractivity contribution in [1.82, 2.24) is 0 Å². The lowest BCUT2D eigenvalue weighted by atomic mass is 10.2. The zero-order valence-corrected chi connectivity index (χ0v) is 6.89. The Morgan fingerprint density at radius 3 is 2.54 bits per heavy atom. The van der Waals surface area contributed by atoms with Gasteiger partial charge in [-0.15, -0.1) is 0 Å². The van der Waals surface area contributed by atoms with Crippen LogP contribution in [0.5, 0.6) is 0 Å². The second-order valence-corrected chi connectivity index (χ2v) is 2.63. The molecule has 1 unspecified atom stereocenters. The van der Waals surface area contributed by atoms with E-state index in [0.717, 1.165) is 0 Å². The van der Waals surface area contributed by atoms with Crippen LogP contribution in [0.4, 0.5) is 13.2 Å². The van der Waals surface area contributed by atoms with Crippen molar-refractivity contribution in [1.29, 1.82) is 0 Å². The van der Waals surface area contributed by atoms with Crippen molar-refractivity contribution in [3.05, 3.63) is 0 Å². The molecule has 1 atom stereocenters. The average molecular weight is 195 g/mol. The minimum absolute atomic E-state index is 0.121. The molecule has 0 aromatic rings. The van der Waals surface area contributed by atoms with Crippen molar-refractivity contribution in [2.45, 2.75) is 32.2 Å². The fraction of sp³-hybridized carbons (Fsp3) is 0.714. The minimum Gasteiger partial charge on any atom is -0.425 e. The van der Waals surface area contributed by atoms with Crippen molar-refractivity contribution in [3.8, 4) is 0 Å². The van der Waals surface area contributed by atoms with Gasteiger partial charge in [0.1, 0.15) is 5.71 Å². The van der Waals surface area contributed by atoms with Crippen LogP contribution in [-0.4, -0.2) is 24.1 Å². The fourth-order valence-corrected chi connectivity index (χ4v) is 0.933. The van der Waals surface area contributed by atoms with Gasteiger partial charge in [-0.25, -0.2) is 9.79 Å². The van der Waals surface area contributed by atoms with Crippen molar-refractivity contribution in [2.24, 2.45) is 4.99 Å². The van der Waals surface area contributed by atoms with E-state index < -0.39 is 18.4 Å². The van der Waals surface area contributed by atoms with Crippen molar-refractivity contribution in [2.75, 3.05) is 0 Å². The SMILES string of the molecule is CCCC1=NC(C(F)(F)F)OC1=O. The van der Waals surface area contributed by atoms with E-state index in [1.807, 2.05) is 0 Å². The first-order valence-electron chi connectivity index (χ1n) is 3.79. The zero-order valence-electron chi connectivity index (χ0n) is 6.89. The molecule has 0 bridgehead atoms. The van der Waals surface area contributed by atoms with Gasteiger partial charge < -0.3 is 4.74 Å². The Labute approximate surface area is 72.6 Å². The van der Waals surface area contributed by atoms with Crippen LogP contribution >= 0.6 is 0 Å². The van der Waals surface area contributed by atoms with E-state index in [4.69, 9.17) is 0 Å². The summed E-state index contributed by atoms with van der Waals surface area (Å²) in [5, 5.41) is 0. The number of hydrogen-bond donors (Lipinski definition) is 0. The van der Waals surface area contributed by atoms with Crippen molar-refractivity contribution >= 4 is 11.7 Å². The number of hydrogen-bond acceptors (Lipinski definition) is 3. The first kappa shape index (κ1) is 10.0. The summed E-state index contributed by atoms with van der Waals surface area (Å²) in [6.45, 7) is 1.75. The number of aliphatic imine (C=N–C) groups is 1. The van der Waals surface area contributed by atoms with E-state index >= 15 is 0 Å². The van der Waals surface area contributed by atoms with Crippen LogP contribution in [0.15, 0.2) is 4.99 Å². The molecule has 1 aliphatic heterocycles. The Bertz CT molecular complexity index is 247. The Morgan fingerprint density at radius 2 is 2.15 bits per heavy atom. The molecule has 0 saturated heterocycles. The summed E-state index contributed by atoms with van der Waals surface area (Å²) in [6.07, 6.45) is -6.09. The third-order valence-electron chi connectivity index (χ3n) is 1.49. The molecule has 0 N–H and O–H groups in total. The molecule has 0 radical (unpaired) electrons. The monoisotopic (exact) mass is 195 g/mol. The van der Waals surface area contributed by atoms with Gasteiger partial charge >= 0.3 is 12.1 Å². The number of carbonyl (C=O) groups is 1. The molecular formula is C7H8F3NO2. The average Bonchev–Trinajstić information content (AvgIpc) is 2.32. The van der Waals surface area contributed by atoms with Crippen molar-refractivity contribution < 1.29 is 22.7 Å². The van der Waals surface area contributed by atoms with Crippen LogP contribution < -0.4 is 0 Å². The molecule has 1 rings (SSSR count). The van der Waals surface area contributed by atoms with Gasteiger partial charge in [-0.2, -0.15) is 13.2 Å². The summed E-state index contributed by atoms with van der Waals surface area (Å²) in [5.74, 6) is -0.954. The third kappa shape index (κ3) is 2.19. The molecule has 0 aromatic carbocycles. The zero-order chi connectivity index (χ0) is 10.1. The standard InChI is InChI=1S/C7H8F3NO2/c1-2-3-4-5(12)13-6(11-4)7(8,9)10/h6H,2-3H2,1H3. The topological polar surface area (TPSA) is 38.7 Å². The second kappa shape index (κ2) is 3.35. The Hall–Kier alpha value is -1.07. The first-order chi connectivity index (χ1) is 5.95. The molecule has 0 aromatic heterocycles. The number of esters is 1. The maximum atomic E-state index is 12.0. The smallest absolute Gasteiger partial charge is 0.425 e. The molecule has 1 aliphatic rings. The number of alkyl halides is 3. The van der Waals surface area contributed by atoms with E-state index in [0.29, 0.717) is 6.42 Å². The second-order valence-electron chi connectivity index (χ2n) is 2.63. The first-order valence-corrected chi connectivity index (χ1v) is 3.79. The van der Waals surface area contributed by atoms with Crippen LogP contribution in [0, 0.1) is 0 Å². The van der Waals surface area contributed by atoms with Gasteiger partial charge in [-0.05, 0) is 6.42 Å². The van der Waals surface area contributed by atoms with E-state index in [1.165, 1.54) is 0 Å². The highest BCUT2D eigenvalue weighted by Crippen LogP contribution is 2.27. The molecule has 0 aliphatic carbocycles. The van der Waals surface area contributed by atoms with Gasteiger partial charge in [0.05, 0.1) is 0 Å². The Balaban J connectivity index is 2.72. The molecule has 13 heavy (non-hydrogen) atoms. The lowest BCUT2D eigenvalue weighted by Crippen LogP contribution is -2.27. The van der Waals surface area contributed by atoms with Gasteiger partial charge in [-0.1, -0.05) is 13.3 Å². The van der Waals surface area contributed by atoms with Crippen LogP contribution in [-0.2, 0) is 9.53 Å². The Kier molecular flexibility index (Phi) is 2.58. The molecule has 0 fully saturated rings. The molecule has 74 valence electrons. The maximum Gasteiger partial charge on any atom is 0.447 e. The fourth-order valence-electron chi connectivity index (χ4n) is 0.933. The largest absolute Gasteiger partial charge is 0.447 e. The lowest BCUT2D eigenvalue weighted by molar-refractivity contribution is -0.210. The molecule has 0 spiro atoms. The number of rotatable bonds is 2. The summed E-state index contributed by atoms with van der Waals surface area (Å²) in [4.78, 5) is 13.9. The van der Waals surface area contributed by atoms with Crippen LogP contribution in [0.2, 0.25) is 0 Å². The predicted octanol–water partition coefficient (Wildman–Crippen LogP) is 1.67. The number of carbonyl (C=O) groups excluding carboxylic acids is 1. The number of halogens is 3. The third-order valence-corrected chi connectivity index (χ3v) is 1.49. The van der Waals surface area contributed by atoms with Crippen molar-refractivity contribution in [3.63, 3.8) is 0 Å². The molecule has 3 nitrogen and oxygen atoms in total. The van der Waals surface area contributed by atoms with E-state index in [2.05, 4.69) is 9.73 Å². The summed E-state index contributed by atoms with van der Waals surface area (Å²) in [6, 6.07) is 0. The van der Waals surface area contributed by atoms with Crippen LogP contribution in [0.1, 0.15) is 19.8 Å². The molecule has 0 saturated carbocycles. The van der Waals surface area contributed by atoms with Crippen LogP contribution in [0.25, 0.3) is 0 Å². The van der Waals surface area contributed by atoms with Gasteiger partial charge in [0.25, 0.3) is 6.23 Å². The predicted molar refractivity (Wildman–Crippen MR) is 38.3 cm³/mol. The summed E-state index contributed by atoms with van der Waals surface area (Å²) in [5.41, 5.74) is -0.121. The normalized spacial score (nSPS) is 22.9. The van der Waals surface area contributed by atoms with E-state index in [1.54, 1.807) is 6.92 Å². The highest BCUT2D eigenvalue weighted by molar-refractivity contribution is 6.37.